The van der Waals surface area contributed by atoms with E-state index < -0.39 is 0 Å². The van der Waals surface area contributed by atoms with Gasteiger partial charge in [0.15, 0.2) is 0 Å². The average Bonchev–Trinajstić information content (AvgIpc) is 2.33. The molecule has 0 aliphatic heterocycles. The van der Waals surface area contributed by atoms with Crippen molar-refractivity contribution in [1.29, 1.82) is 0 Å². The van der Waals surface area contributed by atoms with Gasteiger partial charge < -0.3 is 5.11 Å². The van der Waals surface area contributed by atoms with Crippen LogP contribution in [0.25, 0.3) is 10.8 Å². The zero-order chi connectivity index (χ0) is 11.5. The number of hydrogen-bond donors (Lipinski definition) is 1. The number of aliphatic hydroxyl groups excluding tert-OH is 1. The highest BCUT2D eigenvalue weighted by Crippen LogP contribution is 2.29. The van der Waals surface area contributed by atoms with Crippen LogP contribution >= 0.6 is 0 Å². The number of hydrogen-bond acceptors (Lipinski definition) is 1. The third kappa shape index (κ3) is 1.81. The van der Waals surface area contributed by atoms with Crippen molar-refractivity contribution in [2.45, 2.75) is 19.3 Å². The van der Waals surface area contributed by atoms with Crippen molar-refractivity contribution >= 4 is 10.8 Å². The van der Waals surface area contributed by atoms with E-state index in [0.717, 1.165) is 17.2 Å². The van der Waals surface area contributed by atoms with Crippen LogP contribution in [0.5, 0.6) is 0 Å². The Morgan fingerprint density at radius 3 is 2.62 bits per heavy atom. The molecule has 0 aliphatic rings. The van der Waals surface area contributed by atoms with Gasteiger partial charge in [0.2, 0.25) is 0 Å². The molecule has 2 aromatic carbocycles. The van der Waals surface area contributed by atoms with Gasteiger partial charge in [-0.25, -0.2) is 4.39 Å². The molecule has 0 bridgehead atoms. The van der Waals surface area contributed by atoms with Gasteiger partial charge in [0.05, 0.1) is 6.61 Å². The van der Waals surface area contributed by atoms with Gasteiger partial charge in [-0.1, -0.05) is 37.3 Å². The first-order valence-corrected chi connectivity index (χ1v) is 5.56. The van der Waals surface area contributed by atoms with Crippen molar-refractivity contribution in [3.8, 4) is 0 Å². The molecule has 2 heteroatoms. The first-order chi connectivity index (χ1) is 7.77. The summed E-state index contributed by atoms with van der Waals surface area (Å²) in [6, 6.07) is 11.0. The van der Waals surface area contributed by atoms with Gasteiger partial charge in [0, 0.05) is 11.5 Å². The smallest absolute Gasteiger partial charge is 0.127 e. The van der Waals surface area contributed by atoms with Gasteiger partial charge in [-0.2, -0.15) is 0 Å². The predicted octanol–water partition coefficient (Wildman–Crippen LogP) is 3.46. The molecule has 0 aromatic heterocycles. The zero-order valence-corrected chi connectivity index (χ0v) is 9.28. The summed E-state index contributed by atoms with van der Waals surface area (Å²) in [5, 5.41) is 11.2. The molecular formula is C14H15FO. The van der Waals surface area contributed by atoms with Crippen LogP contribution in [0.1, 0.15) is 24.8 Å². The quantitative estimate of drug-likeness (QED) is 0.836. The first kappa shape index (κ1) is 11.1. The molecular weight excluding hydrogens is 203 g/mol. The second-order valence-electron chi connectivity index (χ2n) is 3.97. The normalized spacial score (nSPS) is 12.9. The molecule has 1 atom stereocenters. The minimum absolute atomic E-state index is 0.0125. The largest absolute Gasteiger partial charge is 0.396 e. The molecule has 0 fully saturated rings. The molecule has 0 heterocycles. The molecule has 0 aliphatic carbocycles. The fraction of sp³-hybridized carbons (Fsp3) is 0.286. The van der Waals surface area contributed by atoms with Crippen LogP contribution in [-0.4, -0.2) is 11.7 Å². The highest BCUT2D eigenvalue weighted by Gasteiger charge is 2.16. The lowest BCUT2D eigenvalue weighted by Crippen LogP contribution is -2.06. The lowest BCUT2D eigenvalue weighted by atomic mass is 9.91. The molecule has 84 valence electrons. The van der Waals surface area contributed by atoms with E-state index in [-0.39, 0.29) is 18.3 Å². The van der Waals surface area contributed by atoms with Gasteiger partial charge in [-0.15, -0.1) is 0 Å². The molecule has 2 rings (SSSR count). The lowest BCUT2D eigenvalue weighted by Gasteiger charge is -2.15. The molecule has 1 nitrogen and oxygen atoms in total. The summed E-state index contributed by atoms with van der Waals surface area (Å²) in [4.78, 5) is 0. The zero-order valence-electron chi connectivity index (χ0n) is 9.28. The van der Waals surface area contributed by atoms with Crippen LogP contribution in [0.4, 0.5) is 4.39 Å². The molecule has 2 aromatic rings. The lowest BCUT2D eigenvalue weighted by molar-refractivity contribution is 0.260. The Bertz CT molecular complexity index is 489. The second-order valence-corrected chi connectivity index (χ2v) is 3.97. The number of fused-ring (bicyclic) bond motifs is 1. The highest BCUT2D eigenvalue weighted by molar-refractivity contribution is 5.86. The van der Waals surface area contributed by atoms with Crippen LogP contribution < -0.4 is 0 Å². The molecule has 0 saturated carbocycles. The maximum absolute atomic E-state index is 13.8. The fourth-order valence-corrected chi connectivity index (χ4v) is 2.11. The van der Waals surface area contributed by atoms with Gasteiger partial charge in [-0.3, -0.25) is 0 Å². The van der Waals surface area contributed by atoms with Crippen molar-refractivity contribution < 1.29 is 9.50 Å². The van der Waals surface area contributed by atoms with Crippen molar-refractivity contribution in [3.05, 3.63) is 47.8 Å². The number of halogens is 1. The van der Waals surface area contributed by atoms with Gasteiger partial charge >= 0.3 is 0 Å². The Labute approximate surface area is 94.5 Å². The highest BCUT2D eigenvalue weighted by atomic mass is 19.1. The van der Waals surface area contributed by atoms with E-state index in [0.29, 0.717) is 5.56 Å². The summed E-state index contributed by atoms with van der Waals surface area (Å²) in [5.74, 6) is -0.342. The Balaban J connectivity index is 2.69. The third-order valence-corrected chi connectivity index (χ3v) is 3.04. The van der Waals surface area contributed by atoms with Crippen LogP contribution in [-0.2, 0) is 0 Å². The number of benzene rings is 2. The van der Waals surface area contributed by atoms with Gasteiger partial charge in [0.25, 0.3) is 0 Å². The van der Waals surface area contributed by atoms with Gasteiger partial charge in [-0.05, 0) is 23.3 Å². The van der Waals surface area contributed by atoms with Crippen molar-refractivity contribution in [1.82, 2.24) is 0 Å². The summed E-state index contributed by atoms with van der Waals surface area (Å²) in [7, 11) is 0. The van der Waals surface area contributed by atoms with E-state index in [1.54, 1.807) is 6.07 Å². The van der Waals surface area contributed by atoms with Crippen LogP contribution in [0.3, 0.4) is 0 Å². The standard InChI is InChI=1S/C14H15FO/c1-2-10(9-16)14-12-6-4-3-5-11(12)7-8-13(14)15/h3-8,10,16H,2,9H2,1H3. The van der Waals surface area contributed by atoms with Crippen LogP contribution in [0.2, 0.25) is 0 Å². The monoisotopic (exact) mass is 218 g/mol. The van der Waals surface area contributed by atoms with E-state index in [2.05, 4.69) is 0 Å². The molecule has 0 radical (unpaired) electrons. The second kappa shape index (κ2) is 4.62. The summed E-state index contributed by atoms with van der Waals surface area (Å²) in [6.45, 7) is 1.95. The topological polar surface area (TPSA) is 20.2 Å². The molecule has 0 amide bonds. The molecule has 16 heavy (non-hydrogen) atoms. The third-order valence-electron chi connectivity index (χ3n) is 3.04. The minimum atomic E-state index is -0.223. The fourth-order valence-electron chi connectivity index (χ4n) is 2.11. The van der Waals surface area contributed by atoms with Gasteiger partial charge in [0.1, 0.15) is 5.82 Å². The van der Waals surface area contributed by atoms with Crippen LogP contribution in [0.15, 0.2) is 36.4 Å². The number of aliphatic hydroxyl groups is 1. The average molecular weight is 218 g/mol. The maximum Gasteiger partial charge on any atom is 0.127 e. The van der Waals surface area contributed by atoms with Crippen molar-refractivity contribution in [2.75, 3.05) is 6.61 Å². The molecule has 0 saturated heterocycles. The van der Waals surface area contributed by atoms with E-state index >= 15 is 0 Å². The Hall–Kier alpha value is -1.41. The summed E-state index contributed by atoms with van der Waals surface area (Å²) in [5.41, 5.74) is 0.642. The summed E-state index contributed by atoms with van der Waals surface area (Å²) < 4.78 is 13.8. The summed E-state index contributed by atoms with van der Waals surface area (Å²) >= 11 is 0. The molecule has 1 N–H and O–H groups in total. The van der Waals surface area contributed by atoms with E-state index in [4.69, 9.17) is 0 Å². The Morgan fingerprint density at radius 2 is 1.94 bits per heavy atom. The van der Waals surface area contributed by atoms with E-state index in [9.17, 15) is 9.50 Å². The van der Waals surface area contributed by atoms with Crippen molar-refractivity contribution in [2.24, 2.45) is 0 Å². The summed E-state index contributed by atoms with van der Waals surface area (Å²) in [6.07, 6.45) is 0.738. The maximum atomic E-state index is 13.8. The predicted molar refractivity (Wildman–Crippen MR) is 64.0 cm³/mol. The molecule has 0 spiro atoms. The van der Waals surface area contributed by atoms with Crippen LogP contribution in [0, 0.1) is 5.82 Å². The van der Waals surface area contributed by atoms with Crippen molar-refractivity contribution in [3.63, 3.8) is 0 Å². The SMILES string of the molecule is CCC(CO)c1c(F)ccc2ccccc12. The molecule has 1 unspecified atom stereocenters. The van der Waals surface area contributed by atoms with E-state index in [1.807, 2.05) is 31.2 Å². The Morgan fingerprint density at radius 1 is 1.19 bits per heavy atom. The van der Waals surface area contributed by atoms with E-state index in [1.165, 1.54) is 6.07 Å². The Kier molecular flexibility index (Phi) is 3.20. The number of rotatable bonds is 3. The minimum Gasteiger partial charge on any atom is -0.396 e. The first-order valence-electron chi connectivity index (χ1n) is 5.56.